The van der Waals surface area contributed by atoms with Crippen LogP contribution in [0.25, 0.3) is 16.7 Å². The number of carbonyl (C=O) groups excluding carboxylic acids is 1. The van der Waals surface area contributed by atoms with Gasteiger partial charge < -0.3 is 20.4 Å². The largest absolute Gasteiger partial charge is 0.369 e. The number of amides is 1. The van der Waals surface area contributed by atoms with Gasteiger partial charge in [-0.1, -0.05) is 12.6 Å². The zero-order valence-corrected chi connectivity index (χ0v) is 20.3. The molecule has 0 aliphatic carbocycles. The molecule has 1 fully saturated rings. The smallest absolute Gasteiger partial charge is 0.247 e. The first-order chi connectivity index (χ1) is 17.4. The predicted molar refractivity (Wildman–Crippen MR) is 142 cm³/mol. The molecule has 0 saturated carbocycles. The van der Waals surface area contributed by atoms with Crippen LogP contribution in [0.4, 0.5) is 27.3 Å². The van der Waals surface area contributed by atoms with E-state index in [1.165, 1.54) is 18.2 Å². The van der Waals surface area contributed by atoms with Crippen molar-refractivity contribution in [3.8, 4) is 5.69 Å². The lowest BCUT2D eigenvalue weighted by Crippen LogP contribution is -2.34. The van der Waals surface area contributed by atoms with Gasteiger partial charge in [-0.15, -0.1) is 0 Å². The summed E-state index contributed by atoms with van der Waals surface area (Å²) in [6.45, 7) is 5.59. The molecule has 2 aromatic carbocycles. The number of benzene rings is 2. The fraction of sp³-hybridized carbons (Fsp3) is 0.222. The van der Waals surface area contributed by atoms with Gasteiger partial charge in [-0.2, -0.15) is 0 Å². The Kier molecular flexibility index (Phi) is 6.39. The highest BCUT2D eigenvalue weighted by Gasteiger charge is 2.25. The van der Waals surface area contributed by atoms with Gasteiger partial charge in [0.1, 0.15) is 23.5 Å². The Morgan fingerprint density at radius 1 is 1.22 bits per heavy atom. The maximum atomic E-state index is 13.8. The molecule has 1 aliphatic heterocycles. The van der Waals surface area contributed by atoms with Crippen molar-refractivity contribution in [2.45, 2.75) is 12.5 Å². The highest BCUT2D eigenvalue weighted by Crippen LogP contribution is 2.33. The van der Waals surface area contributed by atoms with Gasteiger partial charge in [-0.3, -0.25) is 9.36 Å². The summed E-state index contributed by atoms with van der Waals surface area (Å²) in [5.74, 6) is 0.00853. The lowest BCUT2D eigenvalue weighted by Gasteiger charge is -2.29. The van der Waals surface area contributed by atoms with E-state index in [4.69, 9.17) is 0 Å². The number of hydrogen-bond acceptors (Lipinski definition) is 6. The lowest BCUT2D eigenvalue weighted by atomic mass is 10.1. The number of aromatic nitrogens is 3. The van der Waals surface area contributed by atoms with Crippen LogP contribution < -0.4 is 15.5 Å². The van der Waals surface area contributed by atoms with Crippen LogP contribution in [0.1, 0.15) is 6.42 Å². The molecule has 1 atom stereocenters. The number of likely N-dealkylation sites (tertiary alicyclic amines) is 1. The van der Waals surface area contributed by atoms with E-state index >= 15 is 0 Å². The molecule has 3 heterocycles. The number of rotatable bonds is 7. The number of fused-ring (bicyclic) bond motifs is 1. The van der Waals surface area contributed by atoms with Gasteiger partial charge in [0.15, 0.2) is 0 Å². The van der Waals surface area contributed by atoms with Gasteiger partial charge in [0.2, 0.25) is 5.91 Å². The van der Waals surface area contributed by atoms with Crippen LogP contribution >= 0.6 is 0 Å². The lowest BCUT2D eigenvalue weighted by molar-refractivity contribution is -0.111. The molecule has 5 rings (SSSR count). The second-order valence-corrected chi connectivity index (χ2v) is 9.02. The van der Waals surface area contributed by atoms with E-state index in [1.807, 2.05) is 34.9 Å². The normalized spacial score (nSPS) is 15.7. The standard InChI is InChI=1S/C27H28FN7O/c1-4-27(36)32-22-13-19(8-9-24(22)34(3)21-10-11-33(2)16-21)31-26-14-25-23(15-29-26)30-17-35(25)20-7-5-6-18(28)12-20/h4-9,12-15,17,21H,1,10-11,16H2,2-3H3,(H,29,31)(H,32,36). The number of pyridine rings is 1. The summed E-state index contributed by atoms with van der Waals surface area (Å²) >= 11 is 0. The van der Waals surface area contributed by atoms with E-state index in [1.54, 1.807) is 18.6 Å². The van der Waals surface area contributed by atoms with Crippen LogP contribution in [0.15, 0.2) is 73.7 Å². The van der Waals surface area contributed by atoms with Crippen LogP contribution in [0.5, 0.6) is 0 Å². The summed E-state index contributed by atoms with van der Waals surface area (Å²) in [6, 6.07) is 14.4. The predicted octanol–water partition coefficient (Wildman–Crippen LogP) is 4.57. The van der Waals surface area contributed by atoms with Crippen LogP contribution in [0.3, 0.4) is 0 Å². The van der Waals surface area contributed by atoms with E-state index in [2.05, 4.69) is 51.1 Å². The number of likely N-dealkylation sites (N-methyl/N-ethyl adjacent to an activating group) is 2. The van der Waals surface area contributed by atoms with Crippen molar-refractivity contribution in [1.29, 1.82) is 0 Å². The summed E-state index contributed by atoms with van der Waals surface area (Å²) in [5.41, 5.74) is 4.55. The molecular weight excluding hydrogens is 457 g/mol. The van der Waals surface area contributed by atoms with Crippen molar-refractivity contribution in [1.82, 2.24) is 19.4 Å². The fourth-order valence-corrected chi connectivity index (χ4v) is 4.59. The van der Waals surface area contributed by atoms with Crippen LogP contribution in [-0.2, 0) is 4.79 Å². The second kappa shape index (κ2) is 9.79. The minimum atomic E-state index is -0.315. The maximum Gasteiger partial charge on any atom is 0.247 e. The van der Waals surface area contributed by atoms with Crippen molar-refractivity contribution in [3.05, 3.63) is 79.5 Å². The summed E-state index contributed by atoms with van der Waals surface area (Å²) < 4.78 is 15.6. The number of imidazole rings is 1. The quantitative estimate of drug-likeness (QED) is 0.374. The second-order valence-electron chi connectivity index (χ2n) is 9.02. The zero-order valence-electron chi connectivity index (χ0n) is 20.3. The fourth-order valence-electron chi connectivity index (χ4n) is 4.59. The molecule has 1 aliphatic rings. The van der Waals surface area contributed by atoms with Crippen molar-refractivity contribution in [2.75, 3.05) is 42.7 Å². The number of hydrogen-bond donors (Lipinski definition) is 2. The minimum absolute atomic E-state index is 0.274. The molecule has 9 heteroatoms. The van der Waals surface area contributed by atoms with Gasteiger partial charge in [-0.25, -0.2) is 14.4 Å². The Balaban J connectivity index is 1.45. The average Bonchev–Trinajstić information content (AvgIpc) is 3.50. The molecule has 2 N–H and O–H groups in total. The Labute approximate surface area is 209 Å². The van der Waals surface area contributed by atoms with Gasteiger partial charge in [0, 0.05) is 31.4 Å². The highest BCUT2D eigenvalue weighted by atomic mass is 19.1. The van der Waals surface area contributed by atoms with E-state index in [9.17, 15) is 9.18 Å². The van der Waals surface area contributed by atoms with Gasteiger partial charge in [0.25, 0.3) is 0 Å². The molecule has 4 aromatic rings. The third-order valence-corrected chi connectivity index (χ3v) is 6.53. The van der Waals surface area contributed by atoms with E-state index in [-0.39, 0.29) is 11.7 Å². The number of nitrogens with one attached hydrogen (secondary N) is 2. The molecule has 2 aromatic heterocycles. The van der Waals surface area contributed by atoms with Crippen molar-refractivity contribution in [3.63, 3.8) is 0 Å². The summed E-state index contributed by atoms with van der Waals surface area (Å²) in [6.07, 6.45) is 5.65. The van der Waals surface area contributed by atoms with Gasteiger partial charge in [-0.05, 0) is 62.5 Å². The molecule has 1 unspecified atom stereocenters. The molecule has 0 bridgehead atoms. The monoisotopic (exact) mass is 485 g/mol. The number of halogens is 1. The number of carbonyl (C=O) groups is 1. The zero-order chi connectivity index (χ0) is 25.2. The maximum absolute atomic E-state index is 13.8. The average molecular weight is 486 g/mol. The molecular formula is C27H28FN7O. The third-order valence-electron chi connectivity index (χ3n) is 6.53. The Morgan fingerprint density at radius 2 is 2.08 bits per heavy atom. The Bertz CT molecular complexity index is 1430. The van der Waals surface area contributed by atoms with E-state index in [0.717, 1.165) is 36.4 Å². The first-order valence-electron chi connectivity index (χ1n) is 11.8. The third kappa shape index (κ3) is 4.78. The molecule has 0 radical (unpaired) electrons. The SMILES string of the molecule is C=CC(=O)Nc1cc(Nc2cc3c(cn2)ncn3-c2cccc(F)c2)ccc1N(C)C1CCN(C)C1. The van der Waals surface area contributed by atoms with Crippen LogP contribution in [0, 0.1) is 5.82 Å². The number of anilines is 4. The van der Waals surface area contributed by atoms with E-state index in [0.29, 0.717) is 28.8 Å². The molecule has 8 nitrogen and oxygen atoms in total. The van der Waals surface area contributed by atoms with Gasteiger partial charge in [0.05, 0.1) is 28.8 Å². The number of nitrogens with zero attached hydrogens (tertiary/aromatic N) is 5. The first kappa shape index (κ1) is 23.5. The molecule has 184 valence electrons. The first-order valence-corrected chi connectivity index (χ1v) is 11.8. The minimum Gasteiger partial charge on any atom is -0.369 e. The van der Waals surface area contributed by atoms with Crippen LogP contribution in [-0.4, -0.2) is 58.6 Å². The van der Waals surface area contributed by atoms with E-state index < -0.39 is 0 Å². The molecule has 1 saturated heterocycles. The molecule has 36 heavy (non-hydrogen) atoms. The summed E-state index contributed by atoms with van der Waals surface area (Å²) in [5, 5.41) is 6.26. The summed E-state index contributed by atoms with van der Waals surface area (Å²) in [7, 11) is 4.17. The van der Waals surface area contributed by atoms with Crippen molar-refractivity contribution < 1.29 is 9.18 Å². The Hall–Kier alpha value is -4.24. The summed E-state index contributed by atoms with van der Waals surface area (Å²) in [4.78, 5) is 25.6. The van der Waals surface area contributed by atoms with Gasteiger partial charge >= 0.3 is 0 Å². The topological polar surface area (TPSA) is 78.3 Å². The van der Waals surface area contributed by atoms with Crippen LogP contribution in [0.2, 0.25) is 0 Å². The highest BCUT2D eigenvalue weighted by molar-refractivity contribution is 6.01. The Morgan fingerprint density at radius 3 is 2.83 bits per heavy atom. The van der Waals surface area contributed by atoms with Crippen molar-refractivity contribution >= 4 is 39.8 Å². The van der Waals surface area contributed by atoms with Crippen molar-refractivity contribution in [2.24, 2.45) is 0 Å². The molecule has 0 spiro atoms. The molecule has 1 amide bonds.